The number of pyridine rings is 1. The van der Waals surface area contributed by atoms with Crippen LogP contribution >= 0.6 is 23.2 Å². The molecule has 106 valence electrons. The zero-order valence-corrected chi connectivity index (χ0v) is 13.3. The molecule has 0 spiro atoms. The topological polar surface area (TPSA) is 25.4 Å². The molecule has 0 amide bonds. The molecule has 1 saturated heterocycles. The number of aromatic nitrogens is 1. The molecule has 0 N–H and O–H groups in total. The van der Waals surface area contributed by atoms with Gasteiger partial charge in [0.1, 0.15) is 5.82 Å². The Labute approximate surface area is 124 Å². The van der Waals surface area contributed by atoms with E-state index in [1.807, 2.05) is 12.1 Å². The van der Waals surface area contributed by atoms with Crippen LogP contribution in [0.25, 0.3) is 0 Å². The molecule has 0 atom stereocenters. The molecule has 1 aromatic rings. The van der Waals surface area contributed by atoms with E-state index in [1.54, 1.807) is 0 Å². The van der Waals surface area contributed by atoms with E-state index in [-0.39, 0.29) is 11.2 Å². The summed E-state index contributed by atoms with van der Waals surface area (Å²) in [4.78, 5) is 6.78. The highest BCUT2D eigenvalue weighted by Crippen LogP contribution is 2.31. The Balaban J connectivity index is 2.30. The third-order valence-corrected chi connectivity index (χ3v) is 3.65. The maximum atomic E-state index is 6.07. The molecular weight excluding hydrogens is 283 g/mol. The van der Waals surface area contributed by atoms with Crippen LogP contribution in [-0.4, -0.2) is 29.3 Å². The number of morpholine rings is 1. The van der Waals surface area contributed by atoms with Crippen LogP contribution in [0, 0.1) is 0 Å². The highest BCUT2D eigenvalue weighted by Gasteiger charge is 2.38. The molecule has 2 rings (SSSR count). The molecule has 0 bridgehead atoms. The molecule has 3 nitrogen and oxygen atoms in total. The number of alkyl halides is 1. The average Bonchev–Trinajstić information content (AvgIpc) is 2.25. The minimum absolute atomic E-state index is 0.204. The smallest absolute Gasteiger partial charge is 0.129 e. The number of nitrogens with zero attached hydrogens (tertiary/aromatic N) is 2. The van der Waals surface area contributed by atoms with Crippen LogP contribution in [0.3, 0.4) is 0 Å². The van der Waals surface area contributed by atoms with Crippen LogP contribution in [-0.2, 0) is 10.6 Å². The minimum atomic E-state index is -0.204. The van der Waals surface area contributed by atoms with E-state index >= 15 is 0 Å². The van der Waals surface area contributed by atoms with Crippen molar-refractivity contribution in [3.63, 3.8) is 0 Å². The highest BCUT2D eigenvalue weighted by atomic mass is 35.5. The number of halogens is 2. The number of rotatable bonds is 2. The molecule has 0 saturated carbocycles. The summed E-state index contributed by atoms with van der Waals surface area (Å²) in [5, 5.41) is 0.616. The fourth-order valence-corrected chi connectivity index (χ4v) is 3.14. The van der Waals surface area contributed by atoms with Gasteiger partial charge in [0.25, 0.3) is 0 Å². The Morgan fingerprint density at radius 1 is 1.21 bits per heavy atom. The maximum Gasteiger partial charge on any atom is 0.129 e. The molecule has 1 aromatic heterocycles. The third-order valence-electron chi connectivity index (χ3n) is 3.05. The molecule has 2 heterocycles. The van der Waals surface area contributed by atoms with Gasteiger partial charge in [0.05, 0.1) is 27.8 Å². The quantitative estimate of drug-likeness (QED) is 0.776. The fraction of sp³-hybridized carbons (Fsp3) is 0.643. The minimum Gasteiger partial charge on any atom is -0.366 e. The summed E-state index contributed by atoms with van der Waals surface area (Å²) in [5.74, 6) is 1.23. The Bertz CT molecular complexity index is 459. The summed E-state index contributed by atoms with van der Waals surface area (Å²) in [6, 6.07) is 3.80. The van der Waals surface area contributed by atoms with Gasteiger partial charge in [0.2, 0.25) is 0 Å². The Morgan fingerprint density at radius 3 is 2.32 bits per heavy atom. The fourth-order valence-electron chi connectivity index (χ4n) is 2.69. The number of hydrogen-bond donors (Lipinski definition) is 0. The number of ether oxygens (including phenoxy) is 1. The Hall–Kier alpha value is -0.510. The molecule has 1 aliphatic heterocycles. The lowest BCUT2D eigenvalue weighted by molar-refractivity contribution is -0.133. The van der Waals surface area contributed by atoms with Gasteiger partial charge < -0.3 is 9.64 Å². The molecule has 1 aliphatic rings. The second kappa shape index (κ2) is 5.12. The van der Waals surface area contributed by atoms with Crippen LogP contribution in [0.4, 0.5) is 5.82 Å². The third kappa shape index (κ3) is 3.53. The van der Waals surface area contributed by atoms with Crippen molar-refractivity contribution in [2.75, 3.05) is 18.0 Å². The van der Waals surface area contributed by atoms with E-state index in [9.17, 15) is 0 Å². The first-order valence-electron chi connectivity index (χ1n) is 6.39. The molecule has 0 aliphatic carbocycles. The molecule has 0 unspecified atom stereocenters. The van der Waals surface area contributed by atoms with Crippen molar-refractivity contribution in [1.29, 1.82) is 0 Å². The second-order valence-electron chi connectivity index (χ2n) is 6.21. The lowest BCUT2D eigenvalue weighted by Gasteiger charge is -2.47. The summed E-state index contributed by atoms with van der Waals surface area (Å²) >= 11 is 11.9. The largest absolute Gasteiger partial charge is 0.366 e. The van der Waals surface area contributed by atoms with Gasteiger partial charge in [-0.1, -0.05) is 11.6 Å². The van der Waals surface area contributed by atoms with Crippen molar-refractivity contribution in [3.05, 3.63) is 22.8 Å². The van der Waals surface area contributed by atoms with Gasteiger partial charge in [0.15, 0.2) is 0 Å². The first-order chi connectivity index (χ1) is 8.72. The van der Waals surface area contributed by atoms with E-state index < -0.39 is 0 Å². The number of hydrogen-bond acceptors (Lipinski definition) is 3. The summed E-state index contributed by atoms with van der Waals surface area (Å²) in [7, 11) is 0. The summed E-state index contributed by atoms with van der Waals surface area (Å²) in [6.45, 7) is 9.98. The lowest BCUT2D eigenvalue weighted by Crippen LogP contribution is -2.57. The second-order valence-corrected chi connectivity index (χ2v) is 6.88. The van der Waals surface area contributed by atoms with Crippen LogP contribution in [0.1, 0.15) is 33.4 Å². The van der Waals surface area contributed by atoms with Gasteiger partial charge in [-0.2, -0.15) is 0 Å². The van der Waals surface area contributed by atoms with Gasteiger partial charge in [-0.3, -0.25) is 0 Å². The molecular formula is C14H20Cl2N2O. The van der Waals surface area contributed by atoms with E-state index in [0.717, 1.165) is 24.6 Å². The molecule has 0 radical (unpaired) electrons. The molecule has 1 fully saturated rings. The maximum absolute atomic E-state index is 6.07. The van der Waals surface area contributed by atoms with Crippen molar-refractivity contribution < 1.29 is 4.74 Å². The predicted molar refractivity (Wildman–Crippen MR) is 80.3 cm³/mol. The lowest BCUT2D eigenvalue weighted by atomic mass is 9.99. The Kier molecular flexibility index (Phi) is 4.01. The van der Waals surface area contributed by atoms with Crippen molar-refractivity contribution in [2.24, 2.45) is 0 Å². The van der Waals surface area contributed by atoms with Gasteiger partial charge in [0, 0.05) is 13.1 Å². The molecule has 19 heavy (non-hydrogen) atoms. The van der Waals surface area contributed by atoms with Crippen molar-refractivity contribution >= 4 is 29.0 Å². The van der Waals surface area contributed by atoms with Gasteiger partial charge in [-0.05, 0) is 39.8 Å². The molecule has 0 aromatic carbocycles. The first kappa shape index (κ1) is 14.9. The normalized spacial score (nSPS) is 21.5. The molecule has 5 heteroatoms. The SMILES string of the molecule is CC1(C)CN(c2ccc(Cl)c(CCl)n2)CC(C)(C)O1. The monoisotopic (exact) mass is 302 g/mol. The van der Waals surface area contributed by atoms with Crippen molar-refractivity contribution in [2.45, 2.75) is 44.8 Å². The highest BCUT2D eigenvalue weighted by molar-refractivity contribution is 6.32. The predicted octanol–water partition coefficient (Wildman–Crippen LogP) is 3.87. The summed E-state index contributed by atoms with van der Waals surface area (Å²) in [6.07, 6.45) is 0. The standard InChI is InChI=1S/C14H20Cl2N2O/c1-13(2)8-18(9-14(3,4)19-13)12-6-5-10(16)11(7-15)17-12/h5-6H,7-9H2,1-4H3. The van der Waals surface area contributed by atoms with Gasteiger partial charge in [-0.25, -0.2) is 4.98 Å². The van der Waals surface area contributed by atoms with E-state index in [0.29, 0.717) is 10.9 Å². The van der Waals surface area contributed by atoms with E-state index in [4.69, 9.17) is 27.9 Å². The zero-order chi connectivity index (χ0) is 14.3. The van der Waals surface area contributed by atoms with Gasteiger partial charge >= 0.3 is 0 Å². The van der Waals surface area contributed by atoms with Crippen LogP contribution in [0.2, 0.25) is 5.02 Å². The summed E-state index contributed by atoms with van der Waals surface area (Å²) in [5.41, 5.74) is 0.317. The number of anilines is 1. The van der Waals surface area contributed by atoms with Gasteiger partial charge in [-0.15, -0.1) is 11.6 Å². The summed E-state index contributed by atoms with van der Waals surface area (Å²) < 4.78 is 6.07. The van der Waals surface area contributed by atoms with E-state index in [2.05, 4.69) is 37.6 Å². The first-order valence-corrected chi connectivity index (χ1v) is 7.30. The van der Waals surface area contributed by atoms with Crippen LogP contribution in [0.5, 0.6) is 0 Å². The van der Waals surface area contributed by atoms with Crippen molar-refractivity contribution in [1.82, 2.24) is 4.98 Å². The van der Waals surface area contributed by atoms with Crippen molar-refractivity contribution in [3.8, 4) is 0 Å². The Morgan fingerprint density at radius 2 is 1.79 bits per heavy atom. The van der Waals surface area contributed by atoms with Crippen LogP contribution in [0.15, 0.2) is 12.1 Å². The van der Waals surface area contributed by atoms with E-state index in [1.165, 1.54) is 0 Å². The zero-order valence-electron chi connectivity index (χ0n) is 11.8. The van der Waals surface area contributed by atoms with Crippen LogP contribution < -0.4 is 4.90 Å². The average molecular weight is 303 g/mol.